The molecule has 136 valence electrons. The number of nitrogens with one attached hydrogen (secondary N) is 1. The van der Waals surface area contributed by atoms with Crippen LogP contribution < -0.4 is 5.32 Å². The van der Waals surface area contributed by atoms with Crippen LogP contribution >= 0.6 is 0 Å². The van der Waals surface area contributed by atoms with Crippen molar-refractivity contribution in [3.8, 4) is 0 Å². The van der Waals surface area contributed by atoms with Crippen LogP contribution in [0.1, 0.15) is 41.8 Å². The van der Waals surface area contributed by atoms with Crippen molar-refractivity contribution in [2.75, 3.05) is 0 Å². The largest absolute Gasteiger partial charge is 0.342 e. The molecule has 0 aliphatic rings. The van der Waals surface area contributed by atoms with Crippen molar-refractivity contribution in [3.63, 3.8) is 0 Å². The molecular formula is C21H21N5O. The normalized spacial score (nSPS) is 12.6. The summed E-state index contributed by atoms with van der Waals surface area (Å²) in [5.41, 5.74) is 3.01. The number of amides is 1. The lowest BCUT2D eigenvalue weighted by Gasteiger charge is -2.21. The highest BCUT2D eigenvalue weighted by Crippen LogP contribution is 2.23. The van der Waals surface area contributed by atoms with Crippen LogP contribution in [0, 0.1) is 12.8 Å². The molecule has 27 heavy (non-hydrogen) atoms. The van der Waals surface area contributed by atoms with Gasteiger partial charge in [-0.1, -0.05) is 38.1 Å². The van der Waals surface area contributed by atoms with Gasteiger partial charge in [0.1, 0.15) is 0 Å². The summed E-state index contributed by atoms with van der Waals surface area (Å²) < 4.78 is 1.92. The molecule has 0 saturated heterocycles. The Kier molecular flexibility index (Phi) is 4.32. The molecule has 6 nitrogen and oxygen atoms in total. The Labute approximate surface area is 157 Å². The van der Waals surface area contributed by atoms with Crippen LogP contribution in [0.15, 0.2) is 54.7 Å². The number of fused-ring (bicyclic) bond motifs is 2. The number of hydrogen-bond acceptors (Lipinski definition) is 4. The van der Waals surface area contributed by atoms with Crippen LogP contribution in [0.3, 0.4) is 0 Å². The number of hydrogen-bond donors (Lipinski definition) is 1. The average Bonchev–Trinajstić information content (AvgIpc) is 3.08. The highest BCUT2D eigenvalue weighted by Gasteiger charge is 2.25. The van der Waals surface area contributed by atoms with Gasteiger partial charge in [-0.15, -0.1) is 10.2 Å². The van der Waals surface area contributed by atoms with Crippen molar-refractivity contribution in [2.24, 2.45) is 5.92 Å². The Morgan fingerprint density at radius 3 is 2.67 bits per heavy atom. The summed E-state index contributed by atoms with van der Waals surface area (Å²) in [6.45, 7) is 6.02. The molecule has 3 aromatic heterocycles. The highest BCUT2D eigenvalue weighted by molar-refractivity contribution is 6.06. The molecule has 0 aliphatic carbocycles. The fourth-order valence-corrected chi connectivity index (χ4v) is 3.32. The Morgan fingerprint density at radius 1 is 1.07 bits per heavy atom. The summed E-state index contributed by atoms with van der Waals surface area (Å²) in [6.07, 6.45) is 1.91. The number of para-hydroxylation sites is 1. The molecule has 0 saturated carbocycles. The average molecular weight is 359 g/mol. The summed E-state index contributed by atoms with van der Waals surface area (Å²) in [5, 5.41) is 12.5. The van der Waals surface area contributed by atoms with Gasteiger partial charge in [-0.2, -0.15) is 0 Å². The number of rotatable bonds is 4. The predicted molar refractivity (Wildman–Crippen MR) is 105 cm³/mol. The van der Waals surface area contributed by atoms with E-state index in [0.29, 0.717) is 5.56 Å². The van der Waals surface area contributed by atoms with Gasteiger partial charge in [0.05, 0.1) is 17.1 Å². The van der Waals surface area contributed by atoms with E-state index in [2.05, 4.69) is 34.3 Å². The van der Waals surface area contributed by atoms with Crippen molar-refractivity contribution in [1.29, 1.82) is 0 Å². The van der Waals surface area contributed by atoms with Crippen LogP contribution in [0.2, 0.25) is 0 Å². The van der Waals surface area contributed by atoms with Gasteiger partial charge < -0.3 is 5.32 Å². The monoisotopic (exact) mass is 359 g/mol. The van der Waals surface area contributed by atoms with Gasteiger partial charge in [0.25, 0.3) is 5.91 Å². The summed E-state index contributed by atoms with van der Waals surface area (Å²) >= 11 is 0. The van der Waals surface area contributed by atoms with Crippen LogP contribution in [0.4, 0.5) is 0 Å². The van der Waals surface area contributed by atoms with E-state index in [1.165, 1.54) is 0 Å². The second-order valence-electron chi connectivity index (χ2n) is 7.01. The molecule has 1 N–H and O–H groups in total. The van der Waals surface area contributed by atoms with Crippen molar-refractivity contribution in [3.05, 3.63) is 71.8 Å². The molecule has 0 radical (unpaired) electrons. The topological polar surface area (TPSA) is 72.2 Å². The molecule has 0 aliphatic heterocycles. The smallest absolute Gasteiger partial charge is 0.252 e. The van der Waals surface area contributed by atoms with Crippen molar-refractivity contribution < 1.29 is 4.79 Å². The fourth-order valence-electron chi connectivity index (χ4n) is 3.32. The molecule has 4 aromatic rings. The maximum Gasteiger partial charge on any atom is 0.252 e. The first-order chi connectivity index (χ1) is 13.0. The number of aryl methyl sites for hydroxylation is 1. The molecular weight excluding hydrogens is 338 g/mol. The van der Waals surface area contributed by atoms with E-state index >= 15 is 0 Å². The van der Waals surface area contributed by atoms with E-state index in [-0.39, 0.29) is 17.9 Å². The minimum atomic E-state index is -0.262. The van der Waals surface area contributed by atoms with Gasteiger partial charge in [0.15, 0.2) is 11.5 Å². The number of aromatic nitrogens is 4. The number of carbonyl (C=O) groups is 1. The molecule has 0 spiro atoms. The van der Waals surface area contributed by atoms with Crippen LogP contribution in [0.5, 0.6) is 0 Å². The standard InChI is InChI=1S/C21H21N5O/c1-13(2)19(20-25-24-18-10-6-7-11-26(18)20)23-21(27)16-12-14(3)22-17-9-5-4-8-15(16)17/h4-13,19H,1-3H3,(H,23,27)/t19-/m0/s1. The predicted octanol–water partition coefficient (Wildman–Crippen LogP) is 3.71. The van der Waals surface area contributed by atoms with E-state index in [0.717, 1.165) is 28.1 Å². The van der Waals surface area contributed by atoms with Gasteiger partial charge in [-0.3, -0.25) is 14.2 Å². The molecule has 0 unspecified atom stereocenters. The second-order valence-corrected chi connectivity index (χ2v) is 7.01. The number of carbonyl (C=O) groups excluding carboxylic acids is 1. The van der Waals surface area contributed by atoms with Crippen molar-refractivity contribution in [2.45, 2.75) is 26.8 Å². The van der Waals surface area contributed by atoms with Gasteiger partial charge in [-0.25, -0.2) is 0 Å². The third-order valence-electron chi connectivity index (χ3n) is 4.66. The zero-order valence-corrected chi connectivity index (χ0v) is 15.5. The molecule has 6 heteroatoms. The molecule has 4 rings (SSSR count). The summed E-state index contributed by atoms with van der Waals surface area (Å²) in [5.74, 6) is 0.739. The molecule has 3 heterocycles. The Balaban J connectivity index is 1.74. The maximum atomic E-state index is 13.2. The van der Waals surface area contributed by atoms with Crippen LogP contribution in [0.25, 0.3) is 16.6 Å². The molecule has 0 bridgehead atoms. The minimum Gasteiger partial charge on any atom is -0.342 e. The third-order valence-corrected chi connectivity index (χ3v) is 4.66. The summed E-state index contributed by atoms with van der Waals surface area (Å²) in [4.78, 5) is 17.7. The zero-order valence-electron chi connectivity index (χ0n) is 15.5. The van der Waals surface area contributed by atoms with E-state index < -0.39 is 0 Å². The second kappa shape index (κ2) is 6.79. The first kappa shape index (κ1) is 17.1. The molecule has 1 amide bonds. The fraction of sp³-hybridized carbons (Fsp3) is 0.238. The lowest BCUT2D eigenvalue weighted by molar-refractivity contribution is 0.0924. The number of benzene rings is 1. The number of nitrogens with zero attached hydrogens (tertiary/aromatic N) is 4. The van der Waals surface area contributed by atoms with Gasteiger partial charge in [0.2, 0.25) is 0 Å². The third kappa shape index (κ3) is 3.14. The lowest BCUT2D eigenvalue weighted by atomic mass is 10.0. The van der Waals surface area contributed by atoms with Crippen molar-refractivity contribution in [1.82, 2.24) is 24.9 Å². The maximum absolute atomic E-state index is 13.2. The molecule has 1 aromatic carbocycles. The van der Waals surface area contributed by atoms with Crippen LogP contribution in [-0.4, -0.2) is 25.5 Å². The van der Waals surface area contributed by atoms with E-state index in [1.807, 2.05) is 66.1 Å². The molecule has 1 atom stereocenters. The first-order valence-corrected chi connectivity index (χ1v) is 9.01. The Bertz CT molecular complexity index is 1130. The van der Waals surface area contributed by atoms with Crippen LogP contribution in [-0.2, 0) is 0 Å². The van der Waals surface area contributed by atoms with Crippen molar-refractivity contribution >= 4 is 22.5 Å². The Morgan fingerprint density at radius 2 is 1.85 bits per heavy atom. The number of pyridine rings is 2. The van der Waals surface area contributed by atoms with Gasteiger partial charge in [-0.05, 0) is 37.1 Å². The molecule has 0 fully saturated rings. The van der Waals surface area contributed by atoms with E-state index in [1.54, 1.807) is 0 Å². The quantitative estimate of drug-likeness (QED) is 0.603. The summed E-state index contributed by atoms with van der Waals surface area (Å²) in [6, 6.07) is 15.0. The minimum absolute atomic E-state index is 0.136. The SMILES string of the molecule is Cc1cc(C(=O)N[C@H](c2nnc3ccccn23)C(C)C)c2ccccc2n1. The zero-order chi connectivity index (χ0) is 19.0. The van der Waals surface area contributed by atoms with Gasteiger partial charge >= 0.3 is 0 Å². The summed E-state index contributed by atoms with van der Waals surface area (Å²) in [7, 11) is 0. The lowest BCUT2D eigenvalue weighted by Crippen LogP contribution is -2.33. The van der Waals surface area contributed by atoms with Gasteiger partial charge in [0, 0.05) is 17.3 Å². The van der Waals surface area contributed by atoms with E-state index in [4.69, 9.17) is 0 Å². The first-order valence-electron chi connectivity index (χ1n) is 9.01. The highest BCUT2D eigenvalue weighted by atomic mass is 16.1. The Hall–Kier alpha value is -3.28. The van der Waals surface area contributed by atoms with E-state index in [9.17, 15) is 4.79 Å².